The molecule has 0 aliphatic heterocycles. The molecule has 0 fully saturated rings. The largest absolute Gasteiger partial charge is 0.472 e. The number of carbonyl (C=O) groups excluding carboxylic acids is 1. The standard InChI is InChI=1S/C61H117N2O6P/c1-6-8-10-12-14-16-18-20-22-24-25-26-27-28-29-30-31-32-33-34-35-36-37-38-39-40-42-44-46-48-50-52-54-60(64)59(58-69-70(66,67)68-57-56-63(3,4)5)62-61(65)55-53-51-49-47-45-43-41-23-21-19-17-15-13-11-9-7-2/h23,38-39,41,44,46,52,54,59-60,64H,6-22,24-37,40,42-43,45,47-51,53,55-58H2,1-5H3,(H-,62,65,66,67)/p+1/b39-38+,41-23-,46-44+,54-52+. The molecule has 8 nitrogen and oxygen atoms in total. The summed E-state index contributed by atoms with van der Waals surface area (Å²) in [4.78, 5) is 23.3. The van der Waals surface area contributed by atoms with Crippen LogP contribution in [0, 0.1) is 0 Å². The van der Waals surface area contributed by atoms with Gasteiger partial charge in [-0.1, -0.05) is 255 Å². The Hall–Kier alpha value is -1.54. The van der Waals surface area contributed by atoms with E-state index in [9.17, 15) is 19.4 Å². The number of hydrogen-bond acceptors (Lipinski definition) is 5. The Morgan fingerprint density at radius 1 is 0.471 bits per heavy atom. The summed E-state index contributed by atoms with van der Waals surface area (Å²) >= 11 is 0. The van der Waals surface area contributed by atoms with Crippen molar-refractivity contribution < 1.29 is 32.9 Å². The maximum atomic E-state index is 12.9. The maximum Gasteiger partial charge on any atom is 0.472 e. The third kappa shape index (κ3) is 54.2. The number of allylic oxidation sites excluding steroid dienone is 7. The topological polar surface area (TPSA) is 105 Å². The highest BCUT2D eigenvalue weighted by Gasteiger charge is 2.27. The van der Waals surface area contributed by atoms with Crippen LogP contribution in [0.15, 0.2) is 48.6 Å². The van der Waals surface area contributed by atoms with E-state index >= 15 is 0 Å². The molecule has 0 aromatic rings. The van der Waals surface area contributed by atoms with Crippen molar-refractivity contribution in [1.82, 2.24) is 5.32 Å². The monoisotopic (exact) mass is 1010 g/mol. The molecule has 0 aromatic heterocycles. The van der Waals surface area contributed by atoms with Gasteiger partial charge in [0.05, 0.1) is 39.9 Å². The van der Waals surface area contributed by atoms with Crippen LogP contribution in [0.1, 0.15) is 284 Å². The van der Waals surface area contributed by atoms with E-state index in [2.05, 4.69) is 55.6 Å². The zero-order valence-electron chi connectivity index (χ0n) is 47.0. The van der Waals surface area contributed by atoms with E-state index in [4.69, 9.17) is 9.05 Å². The number of likely N-dealkylation sites (N-methyl/N-ethyl adjacent to an activating group) is 1. The molecule has 0 bridgehead atoms. The molecule has 0 saturated heterocycles. The first-order chi connectivity index (χ1) is 34.0. The number of rotatable bonds is 55. The predicted octanol–water partition coefficient (Wildman–Crippen LogP) is 18.3. The third-order valence-electron chi connectivity index (χ3n) is 13.5. The Kier molecular flexibility index (Phi) is 51.2. The summed E-state index contributed by atoms with van der Waals surface area (Å²) < 4.78 is 23.7. The molecule has 0 radical (unpaired) electrons. The molecule has 0 saturated carbocycles. The lowest BCUT2D eigenvalue weighted by Gasteiger charge is -2.25. The number of phosphoric ester groups is 1. The Balaban J connectivity index is 4.18. The molecule has 9 heteroatoms. The van der Waals surface area contributed by atoms with E-state index in [1.807, 2.05) is 27.2 Å². The molecule has 0 rings (SSSR count). The van der Waals surface area contributed by atoms with Crippen LogP contribution in [-0.2, 0) is 18.4 Å². The van der Waals surface area contributed by atoms with Crippen LogP contribution in [-0.4, -0.2) is 73.4 Å². The minimum Gasteiger partial charge on any atom is -0.387 e. The number of amides is 1. The minimum atomic E-state index is -4.36. The Labute approximate surface area is 435 Å². The van der Waals surface area contributed by atoms with Crippen molar-refractivity contribution in [2.75, 3.05) is 40.9 Å². The summed E-state index contributed by atoms with van der Waals surface area (Å²) in [6.45, 7) is 4.80. The lowest BCUT2D eigenvalue weighted by atomic mass is 10.0. The molecule has 3 N–H and O–H groups in total. The lowest BCUT2D eigenvalue weighted by Crippen LogP contribution is -2.45. The van der Waals surface area contributed by atoms with Crippen LogP contribution in [0.3, 0.4) is 0 Å². The lowest BCUT2D eigenvalue weighted by molar-refractivity contribution is -0.870. The Morgan fingerprint density at radius 2 is 0.786 bits per heavy atom. The number of carbonyl (C=O) groups is 1. The van der Waals surface area contributed by atoms with Gasteiger partial charge in [-0.05, 0) is 70.6 Å². The summed E-state index contributed by atoms with van der Waals surface area (Å²) in [5.74, 6) is -0.198. The van der Waals surface area contributed by atoms with Crippen molar-refractivity contribution in [2.24, 2.45) is 0 Å². The van der Waals surface area contributed by atoms with Gasteiger partial charge < -0.3 is 19.8 Å². The molecule has 70 heavy (non-hydrogen) atoms. The number of nitrogens with zero attached hydrogens (tertiary/aromatic N) is 1. The fraction of sp³-hybridized carbons (Fsp3) is 0.852. The maximum absolute atomic E-state index is 12.9. The highest BCUT2D eigenvalue weighted by atomic mass is 31.2. The molecule has 0 spiro atoms. The van der Waals surface area contributed by atoms with Gasteiger partial charge in [0, 0.05) is 6.42 Å². The van der Waals surface area contributed by atoms with E-state index in [1.54, 1.807) is 6.08 Å². The Bertz CT molecular complexity index is 1280. The number of aliphatic hydroxyl groups is 1. The first kappa shape index (κ1) is 68.5. The molecule has 0 aliphatic rings. The highest BCUT2D eigenvalue weighted by molar-refractivity contribution is 7.47. The van der Waals surface area contributed by atoms with Crippen LogP contribution >= 0.6 is 7.82 Å². The first-order valence-corrected chi connectivity index (χ1v) is 31.5. The van der Waals surface area contributed by atoms with Gasteiger partial charge in [-0.2, -0.15) is 0 Å². The quantitative estimate of drug-likeness (QED) is 0.0243. The van der Waals surface area contributed by atoms with Gasteiger partial charge in [-0.25, -0.2) is 4.57 Å². The third-order valence-corrected chi connectivity index (χ3v) is 14.5. The summed E-state index contributed by atoms with van der Waals surface area (Å²) in [5, 5.41) is 13.9. The van der Waals surface area contributed by atoms with Gasteiger partial charge in [0.2, 0.25) is 5.91 Å². The van der Waals surface area contributed by atoms with Crippen molar-refractivity contribution in [3.63, 3.8) is 0 Å². The van der Waals surface area contributed by atoms with Gasteiger partial charge in [0.1, 0.15) is 13.2 Å². The first-order valence-electron chi connectivity index (χ1n) is 30.0. The van der Waals surface area contributed by atoms with Crippen LogP contribution < -0.4 is 5.32 Å². The van der Waals surface area contributed by atoms with Crippen molar-refractivity contribution in [1.29, 1.82) is 0 Å². The van der Waals surface area contributed by atoms with Crippen molar-refractivity contribution in [3.05, 3.63) is 48.6 Å². The minimum absolute atomic E-state index is 0.0514. The SMILES string of the molecule is CCCCCCCCC/C=C\CCCCCCCC(=O)NC(COP(=O)(O)OCC[N+](C)(C)C)C(O)/C=C/CC/C=C/CC/C=C/CCCCCCCCCCCCCCCCCCCCCCCC. The van der Waals surface area contributed by atoms with Crippen LogP contribution in [0.5, 0.6) is 0 Å². The van der Waals surface area contributed by atoms with Crippen molar-refractivity contribution in [3.8, 4) is 0 Å². The summed E-state index contributed by atoms with van der Waals surface area (Å²) in [5.41, 5.74) is 0. The number of phosphoric acid groups is 1. The van der Waals surface area contributed by atoms with Gasteiger partial charge in [-0.3, -0.25) is 13.8 Å². The number of hydrogen-bond donors (Lipinski definition) is 3. The summed E-state index contributed by atoms with van der Waals surface area (Å²) in [6.07, 6.45) is 69.6. The number of unbranched alkanes of at least 4 members (excludes halogenated alkanes) is 36. The molecule has 0 heterocycles. The fourth-order valence-electron chi connectivity index (χ4n) is 8.78. The molecule has 412 valence electrons. The molecule has 0 aromatic carbocycles. The summed E-state index contributed by atoms with van der Waals surface area (Å²) in [7, 11) is 1.54. The Morgan fingerprint density at radius 3 is 1.14 bits per heavy atom. The second-order valence-corrected chi connectivity index (χ2v) is 23.2. The van der Waals surface area contributed by atoms with E-state index < -0.39 is 20.0 Å². The average molecular weight is 1010 g/mol. The number of quaternary nitrogens is 1. The van der Waals surface area contributed by atoms with Crippen LogP contribution in [0.2, 0.25) is 0 Å². The van der Waals surface area contributed by atoms with E-state index in [0.717, 1.165) is 57.8 Å². The van der Waals surface area contributed by atoms with Crippen LogP contribution in [0.25, 0.3) is 0 Å². The van der Waals surface area contributed by atoms with Gasteiger partial charge in [-0.15, -0.1) is 0 Å². The smallest absolute Gasteiger partial charge is 0.387 e. The normalized spacial score (nSPS) is 14.2. The van der Waals surface area contributed by atoms with Gasteiger partial charge in [0.25, 0.3) is 0 Å². The summed E-state index contributed by atoms with van der Waals surface area (Å²) in [6, 6.07) is -0.875. The molecule has 3 atom stereocenters. The second kappa shape index (κ2) is 52.3. The van der Waals surface area contributed by atoms with Crippen LogP contribution in [0.4, 0.5) is 0 Å². The molecular formula is C61H118N2O6P+. The predicted molar refractivity (Wildman–Crippen MR) is 304 cm³/mol. The average Bonchev–Trinajstić information content (AvgIpc) is 3.32. The zero-order chi connectivity index (χ0) is 51.3. The van der Waals surface area contributed by atoms with E-state index in [0.29, 0.717) is 17.4 Å². The van der Waals surface area contributed by atoms with Gasteiger partial charge in [0.15, 0.2) is 0 Å². The molecule has 0 aliphatic carbocycles. The van der Waals surface area contributed by atoms with Crippen molar-refractivity contribution in [2.45, 2.75) is 296 Å². The number of nitrogens with one attached hydrogen (secondary N) is 1. The molecule has 1 amide bonds. The fourth-order valence-corrected chi connectivity index (χ4v) is 9.51. The highest BCUT2D eigenvalue weighted by Crippen LogP contribution is 2.43. The number of aliphatic hydroxyl groups excluding tert-OH is 1. The molecule has 3 unspecified atom stereocenters. The van der Waals surface area contributed by atoms with Gasteiger partial charge >= 0.3 is 7.82 Å². The second-order valence-electron chi connectivity index (χ2n) is 21.7. The molecular weight excluding hydrogens is 888 g/mol. The van der Waals surface area contributed by atoms with Crippen molar-refractivity contribution >= 4 is 13.7 Å². The zero-order valence-corrected chi connectivity index (χ0v) is 47.9. The van der Waals surface area contributed by atoms with E-state index in [1.165, 1.54) is 205 Å². The van der Waals surface area contributed by atoms with E-state index in [-0.39, 0.29) is 19.1 Å².